The summed E-state index contributed by atoms with van der Waals surface area (Å²) < 4.78 is 0. The highest BCUT2D eigenvalue weighted by Gasteiger charge is 1.92. The molecule has 0 spiro atoms. The van der Waals surface area contributed by atoms with Crippen LogP contribution in [0.2, 0.25) is 0 Å². The van der Waals surface area contributed by atoms with Gasteiger partial charge in [-0.2, -0.15) is 0 Å². The molecule has 0 bridgehead atoms. The van der Waals surface area contributed by atoms with Crippen LogP contribution in [0.15, 0.2) is 0 Å². The molecular weight excluding hydrogens is 264 g/mol. The van der Waals surface area contributed by atoms with E-state index in [0.717, 1.165) is 25.7 Å². The number of carbonyl (C=O) groups is 2. The van der Waals surface area contributed by atoms with Gasteiger partial charge in [0.15, 0.2) is 0 Å². The summed E-state index contributed by atoms with van der Waals surface area (Å²) in [5.74, 6) is -2.00. The summed E-state index contributed by atoms with van der Waals surface area (Å²) in [7, 11) is 0. The van der Waals surface area contributed by atoms with Crippen molar-refractivity contribution in [1.29, 1.82) is 0 Å². The third-order valence-electron chi connectivity index (χ3n) is 2.01. The number of rotatable bonds is 9. The van der Waals surface area contributed by atoms with Gasteiger partial charge in [0.1, 0.15) is 0 Å². The molecule has 0 aromatic carbocycles. The van der Waals surface area contributed by atoms with Gasteiger partial charge in [-0.3, -0.25) is 0 Å². The SMILES string of the molecule is O.O.O.O.O.O=C([O-])CCCCCCCCC(=O)[O-]. The Labute approximate surface area is 111 Å². The summed E-state index contributed by atoms with van der Waals surface area (Å²) in [5.41, 5.74) is 0. The molecule has 0 amide bonds. The first-order valence-electron chi connectivity index (χ1n) is 5.02. The van der Waals surface area contributed by atoms with E-state index in [1.165, 1.54) is 0 Å². The maximum Gasteiger partial charge on any atom is 0.0414 e. The van der Waals surface area contributed by atoms with Crippen molar-refractivity contribution < 1.29 is 47.2 Å². The zero-order valence-electron chi connectivity index (χ0n) is 10.8. The molecule has 9 nitrogen and oxygen atoms in total. The molecule has 0 fully saturated rings. The van der Waals surface area contributed by atoms with Crippen LogP contribution in [0.25, 0.3) is 0 Å². The Morgan fingerprint density at radius 2 is 0.737 bits per heavy atom. The first kappa shape index (κ1) is 36.1. The van der Waals surface area contributed by atoms with Crippen LogP contribution in [0.3, 0.4) is 0 Å². The van der Waals surface area contributed by atoms with Gasteiger partial charge in [0.2, 0.25) is 0 Å². The molecule has 0 saturated heterocycles. The molecule has 0 aromatic heterocycles. The summed E-state index contributed by atoms with van der Waals surface area (Å²) >= 11 is 0. The minimum absolute atomic E-state index is 0. The maximum absolute atomic E-state index is 10.0. The van der Waals surface area contributed by atoms with E-state index in [1.807, 2.05) is 0 Å². The smallest absolute Gasteiger partial charge is 0.0414 e. The summed E-state index contributed by atoms with van der Waals surface area (Å²) in [6.45, 7) is 0. The lowest BCUT2D eigenvalue weighted by molar-refractivity contribution is -0.307. The van der Waals surface area contributed by atoms with Crippen molar-refractivity contribution in [3.63, 3.8) is 0 Å². The van der Waals surface area contributed by atoms with Gasteiger partial charge in [-0.15, -0.1) is 0 Å². The van der Waals surface area contributed by atoms with E-state index < -0.39 is 11.9 Å². The van der Waals surface area contributed by atoms with Crippen LogP contribution in [-0.2, 0) is 9.59 Å². The first-order valence-corrected chi connectivity index (χ1v) is 5.02. The summed E-state index contributed by atoms with van der Waals surface area (Å²) in [6, 6.07) is 0. The first-order chi connectivity index (χ1) is 6.63. The maximum atomic E-state index is 10.0. The Bertz CT molecular complexity index is 164. The van der Waals surface area contributed by atoms with Crippen molar-refractivity contribution in [2.75, 3.05) is 0 Å². The molecule has 10 N–H and O–H groups in total. The van der Waals surface area contributed by atoms with E-state index in [0.29, 0.717) is 12.8 Å². The van der Waals surface area contributed by atoms with E-state index in [1.54, 1.807) is 0 Å². The Hall–Kier alpha value is -1.26. The van der Waals surface area contributed by atoms with E-state index in [4.69, 9.17) is 0 Å². The van der Waals surface area contributed by atoms with Gasteiger partial charge >= 0.3 is 0 Å². The molecule has 0 heterocycles. The van der Waals surface area contributed by atoms with Crippen LogP contribution >= 0.6 is 0 Å². The topological polar surface area (TPSA) is 238 Å². The molecular formula is C10H26O9-2. The second-order valence-corrected chi connectivity index (χ2v) is 3.37. The highest BCUT2D eigenvalue weighted by molar-refractivity contribution is 5.64. The molecule has 0 unspecified atom stereocenters. The fourth-order valence-corrected chi connectivity index (χ4v) is 1.25. The van der Waals surface area contributed by atoms with Gasteiger partial charge in [-0.05, 0) is 25.7 Å². The lowest BCUT2D eigenvalue weighted by Gasteiger charge is -2.03. The van der Waals surface area contributed by atoms with Crippen LogP contribution in [0.4, 0.5) is 0 Å². The Balaban J connectivity index is -0.0000000845. The number of aliphatic carboxylic acids is 2. The number of unbranched alkanes of at least 4 members (excludes halogenated alkanes) is 5. The molecule has 19 heavy (non-hydrogen) atoms. The van der Waals surface area contributed by atoms with Gasteiger partial charge in [0, 0.05) is 11.9 Å². The lowest BCUT2D eigenvalue weighted by atomic mass is 10.1. The molecule has 122 valence electrons. The second kappa shape index (κ2) is 25.6. The van der Waals surface area contributed by atoms with Gasteiger partial charge in [0.25, 0.3) is 0 Å². The molecule has 0 aliphatic heterocycles. The minimum atomic E-state index is -0.998. The molecule has 0 radical (unpaired) electrons. The zero-order valence-corrected chi connectivity index (χ0v) is 10.8. The van der Waals surface area contributed by atoms with Crippen molar-refractivity contribution in [3.05, 3.63) is 0 Å². The fourth-order valence-electron chi connectivity index (χ4n) is 1.25. The van der Waals surface area contributed by atoms with E-state index in [2.05, 4.69) is 0 Å². The standard InChI is InChI=1S/C10H18O4.5H2O/c11-9(12)7-5-3-1-2-4-6-8-10(13)14;;;;;/h1-8H2,(H,11,12)(H,13,14);5*1H2/p-2. The highest BCUT2D eigenvalue weighted by Crippen LogP contribution is 2.07. The van der Waals surface area contributed by atoms with Gasteiger partial charge in [0.05, 0.1) is 0 Å². The van der Waals surface area contributed by atoms with Gasteiger partial charge < -0.3 is 47.2 Å². The quantitative estimate of drug-likeness (QED) is 0.381. The predicted octanol–water partition coefficient (Wildman–Crippen LogP) is -4.52. The minimum Gasteiger partial charge on any atom is -0.550 e. The van der Waals surface area contributed by atoms with Crippen molar-refractivity contribution >= 4 is 11.9 Å². The molecule has 0 rings (SSSR count). The van der Waals surface area contributed by atoms with Crippen molar-refractivity contribution in [2.24, 2.45) is 0 Å². The van der Waals surface area contributed by atoms with Crippen LogP contribution < -0.4 is 10.2 Å². The number of carboxylic acid groups (broad SMARTS) is 2. The number of carbonyl (C=O) groups excluding carboxylic acids is 2. The van der Waals surface area contributed by atoms with Crippen molar-refractivity contribution in [3.8, 4) is 0 Å². The van der Waals surface area contributed by atoms with E-state index >= 15 is 0 Å². The molecule has 9 heteroatoms. The summed E-state index contributed by atoms with van der Waals surface area (Å²) in [4.78, 5) is 20.1. The summed E-state index contributed by atoms with van der Waals surface area (Å²) in [6.07, 6.45) is 5.23. The Kier molecular flexibility index (Phi) is 48.5. The average molecular weight is 290 g/mol. The molecule has 0 saturated carbocycles. The van der Waals surface area contributed by atoms with Crippen LogP contribution in [0, 0.1) is 0 Å². The fraction of sp³-hybridized carbons (Fsp3) is 0.800. The third-order valence-corrected chi connectivity index (χ3v) is 2.01. The van der Waals surface area contributed by atoms with E-state index in [9.17, 15) is 19.8 Å². The number of hydrogen-bond acceptors (Lipinski definition) is 4. The van der Waals surface area contributed by atoms with Gasteiger partial charge in [-0.1, -0.05) is 25.7 Å². The molecule has 0 atom stereocenters. The van der Waals surface area contributed by atoms with Crippen molar-refractivity contribution in [1.82, 2.24) is 0 Å². The number of carboxylic acids is 2. The summed E-state index contributed by atoms with van der Waals surface area (Å²) in [5, 5.41) is 20.1. The van der Waals surface area contributed by atoms with Crippen LogP contribution in [-0.4, -0.2) is 39.3 Å². The largest absolute Gasteiger partial charge is 0.550 e. The Morgan fingerprint density at radius 1 is 0.526 bits per heavy atom. The molecule has 0 aliphatic carbocycles. The second-order valence-electron chi connectivity index (χ2n) is 3.37. The normalized spacial score (nSPS) is 7.37. The predicted molar refractivity (Wildman–Crippen MR) is 65.0 cm³/mol. The highest BCUT2D eigenvalue weighted by atomic mass is 16.4. The van der Waals surface area contributed by atoms with Gasteiger partial charge in [-0.25, -0.2) is 0 Å². The monoisotopic (exact) mass is 290 g/mol. The molecule has 0 aliphatic rings. The third kappa shape index (κ3) is 38.3. The van der Waals surface area contributed by atoms with Crippen molar-refractivity contribution in [2.45, 2.75) is 51.4 Å². The van der Waals surface area contributed by atoms with Crippen LogP contribution in [0.1, 0.15) is 51.4 Å². The average Bonchev–Trinajstić information content (AvgIpc) is 2.08. The zero-order chi connectivity index (χ0) is 10.8. The number of hydrogen-bond donors (Lipinski definition) is 0. The Morgan fingerprint density at radius 3 is 0.947 bits per heavy atom. The molecule has 0 aromatic rings. The lowest BCUT2D eigenvalue weighted by Crippen LogP contribution is -2.21. The van der Waals surface area contributed by atoms with Crippen LogP contribution in [0.5, 0.6) is 0 Å². The van der Waals surface area contributed by atoms with E-state index in [-0.39, 0.29) is 40.2 Å².